The van der Waals surface area contributed by atoms with Gasteiger partial charge in [0.25, 0.3) is 11.8 Å². The summed E-state index contributed by atoms with van der Waals surface area (Å²) in [5.41, 5.74) is 6.61. The van der Waals surface area contributed by atoms with Crippen molar-refractivity contribution in [1.82, 2.24) is 19.6 Å². The standard InChI is InChI=1S/C20H21N7O6S2/c1-33-24-12(15-23-20(21)35-25-15)16(29)22-13-17(30)27-14(19(31)32)10(9-34-18(13)27)8-26-6-3-2-4-11(26)5-7-28/h2-4,6,13,18,28H,5,7-9H2,1H3,(H3-,21,22,23,25,29,31,32)/p+1/t13?,18-/m1/s1. The minimum absolute atomic E-state index is 0.0428. The highest BCUT2D eigenvalue weighted by Crippen LogP contribution is 2.40. The van der Waals surface area contributed by atoms with E-state index in [0.29, 0.717) is 17.7 Å². The molecule has 1 saturated heterocycles. The van der Waals surface area contributed by atoms with Crippen LogP contribution in [-0.2, 0) is 32.2 Å². The van der Waals surface area contributed by atoms with Gasteiger partial charge in [0.15, 0.2) is 23.6 Å². The van der Waals surface area contributed by atoms with Gasteiger partial charge in [0, 0.05) is 35.0 Å². The van der Waals surface area contributed by atoms with Crippen LogP contribution in [0, 0.1) is 0 Å². The molecule has 1 fully saturated rings. The minimum atomic E-state index is -1.23. The first kappa shape index (κ1) is 24.6. The first-order chi connectivity index (χ1) is 16.8. The summed E-state index contributed by atoms with van der Waals surface area (Å²) in [6.45, 7) is 0.203. The van der Waals surface area contributed by atoms with Crippen LogP contribution in [0.1, 0.15) is 11.5 Å². The normalized spacial score (nSPS) is 19.8. The number of pyridine rings is 1. The molecule has 0 spiro atoms. The van der Waals surface area contributed by atoms with Gasteiger partial charge in [-0.1, -0.05) is 11.2 Å². The zero-order chi connectivity index (χ0) is 25.1. The minimum Gasteiger partial charge on any atom is -0.477 e. The third-order valence-corrected chi connectivity index (χ3v) is 7.23. The van der Waals surface area contributed by atoms with Crippen LogP contribution < -0.4 is 15.6 Å². The molecule has 5 N–H and O–H groups in total. The summed E-state index contributed by atoms with van der Waals surface area (Å²) >= 11 is 2.22. The molecule has 2 aromatic heterocycles. The summed E-state index contributed by atoms with van der Waals surface area (Å²) in [5.74, 6) is -2.23. The van der Waals surface area contributed by atoms with Gasteiger partial charge in [-0.3, -0.25) is 14.5 Å². The van der Waals surface area contributed by atoms with Crippen molar-refractivity contribution in [3.8, 4) is 0 Å². The number of carbonyl (C=O) groups is 3. The second-order valence-electron chi connectivity index (χ2n) is 7.49. The molecule has 2 atom stereocenters. The third-order valence-electron chi connectivity index (χ3n) is 5.35. The van der Waals surface area contributed by atoms with Gasteiger partial charge in [-0.25, -0.2) is 4.79 Å². The number of thioether (sulfide) groups is 1. The maximum atomic E-state index is 13.0. The largest absolute Gasteiger partial charge is 0.477 e. The molecule has 2 aliphatic rings. The highest BCUT2D eigenvalue weighted by atomic mass is 32.2. The van der Waals surface area contributed by atoms with Gasteiger partial charge in [-0.2, -0.15) is 13.9 Å². The lowest BCUT2D eigenvalue weighted by Gasteiger charge is -2.49. The van der Waals surface area contributed by atoms with Gasteiger partial charge >= 0.3 is 5.97 Å². The Balaban J connectivity index is 1.54. The van der Waals surface area contributed by atoms with Crippen LogP contribution in [-0.4, -0.2) is 78.9 Å². The number of hydrogen-bond donors (Lipinski definition) is 4. The summed E-state index contributed by atoms with van der Waals surface area (Å²) < 4.78 is 5.79. The van der Waals surface area contributed by atoms with Gasteiger partial charge in [0.05, 0.1) is 13.0 Å². The van der Waals surface area contributed by atoms with E-state index >= 15 is 0 Å². The van der Waals surface area contributed by atoms with Crippen LogP contribution in [0.2, 0.25) is 0 Å². The molecular formula is C20H22N7O6S2+. The first-order valence-electron chi connectivity index (χ1n) is 10.4. The molecule has 184 valence electrons. The molecule has 2 amide bonds. The average Bonchev–Trinajstić information content (AvgIpc) is 3.27. The number of aliphatic hydroxyl groups excluding tert-OH is 1. The predicted octanol–water partition coefficient (Wildman–Crippen LogP) is -1.27. The molecule has 2 aromatic rings. The lowest BCUT2D eigenvalue weighted by molar-refractivity contribution is -0.696. The molecule has 2 aliphatic heterocycles. The van der Waals surface area contributed by atoms with E-state index in [1.165, 1.54) is 23.8 Å². The number of nitrogens with one attached hydrogen (secondary N) is 1. The number of hydrogen-bond acceptors (Lipinski definition) is 11. The van der Waals surface area contributed by atoms with Crippen molar-refractivity contribution in [2.75, 3.05) is 25.2 Å². The Morgan fingerprint density at radius 1 is 1.43 bits per heavy atom. The zero-order valence-corrected chi connectivity index (χ0v) is 20.1. The second-order valence-corrected chi connectivity index (χ2v) is 9.38. The van der Waals surface area contributed by atoms with Crippen LogP contribution in [0.25, 0.3) is 0 Å². The van der Waals surface area contributed by atoms with Crippen LogP contribution >= 0.6 is 23.3 Å². The number of nitrogen functional groups attached to an aromatic ring is 1. The number of aliphatic carboxylic acids is 1. The van der Waals surface area contributed by atoms with Crippen molar-refractivity contribution >= 4 is 51.9 Å². The monoisotopic (exact) mass is 520 g/mol. The van der Waals surface area contributed by atoms with Crippen molar-refractivity contribution in [2.24, 2.45) is 5.16 Å². The average molecular weight is 521 g/mol. The number of β-lactam (4-membered cyclic amide) rings is 1. The Hall–Kier alpha value is -3.56. The van der Waals surface area contributed by atoms with Crippen LogP contribution in [0.5, 0.6) is 0 Å². The highest BCUT2D eigenvalue weighted by molar-refractivity contribution is 8.00. The molecule has 1 unspecified atom stereocenters. The number of nitrogens with zero attached hydrogens (tertiary/aromatic N) is 5. The van der Waals surface area contributed by atoms with Crippen LogP contribution in [0.3, 0.4) is 0 Å². The number of fused-ring (bicyclic) bond motifs is 1. The number of carbonyl (C=O) groups excluding carboxylic acids is 2. The van der Waals surface area contributed by atoms with Gasteiger partial charge < -0.3 is 26.1 Å². The smallest absolute Gasteiger partial charge is 0.352 e. The summed E-state index contributed by atoms with van der Waals surface area (Å²) in [6.07, 6.45) is 2.21. The van der Waals surface area contributed by atoms with Crippen molar-refractivity contribution in [2.45, 2.75) is 24.4 Å². The number of rotatable bonds is 9. The lowest BCUT2D eigenvalue weighted by Crippen LogP contribution is -2.71. The molecule has 35 heavy (non-hydrogen) atoms. The summed E-state index contributed by atoms with van der Waals surface area (Å²) in [4.78, 5) is 47.8. The van der Waals surface area contributed by atoms with E-state index in [4.69, 9.17) is 10.6 Å². The molecule has 4 heterocycles. The Bertz CT molecular complexity index is 1230. The Morgan fingerprint density at radius 3 is 2.89 bits per heavy atom. The van der Waals surface area contributed by atoms with Crippen molar-refractivity contribution in [3.05, 3.63) is 47.2 Å². The highest BCUT2D eigenvalue weighted by Gasteiger charge is 2.55. The maximum Gasteiger partial charge on any atom is 0.352 e. The lowest BCUT2D eigenvalue weighted by atomic mass is 10.0. The molecule has 0 aliphatic carbocycles. The quantitative estimate of drug-likeness (QED) is 0.135. The number of amides is 2. The fraction of sp³-hybridized carbons (Fsp3) is 0.350. The first-order valence-corrected chi connectivity index (χ1v) is 12.2. The molecule has 4 rings (SSSR count). The fourth-order valence-corrected chi connectivity index (χ4v) is 5.60. The number of oxime groups is 1. The zero-order valence-electron chi connectivity index (χ0n) is 18.4. The van der Waals surface area contributed by atoms with Gasteiger partial charge in [-0.15, -0.1) is 11.8 Å². The summed E-state index contributed by atoms with van der Waals surface area (Å²) in [6, 6.07) is 4.53. The van der Waals surface area contributed by atoms with Gasteiger partial charge in [-0.05, 0) is 0 Å². The van der Waals surface area contributed by atoms with Crippen molar-refractivity contribution in [1.29, 1.82) is 0 Å². The molecule has 15 heteroatoms. The number of aromatic nitrogens is 3. The van der Waals surface area contributed by atoms with Gasteiger partial charge in [0.2, 0.25) is 11.5 Å². The summed E-state index contributed by atoms with van der Waals surface area (Å²) in [7, 11) is 1.25. The second kappa shape index (κ2) is 10.4. The van der Waals surface area contributed by atoms with E-state index in [9.17, 15) is 24.6 Å². The van der Waals surface area contributed by atoms with Crippen LogP contribution in [0.15, 0.2) is 40.8 Å². The molecular weight excluding hydrogens is 498 g/mol. The number of carboxylic acids is 1. The molecule has 13 nitrogen and oxygen atoms in total. The van der Waals surface area contributed by atoms with E-state index in [1.54, 1.807) is 6.20 Å². The van der Waals surface area contributed by atoms with E-state index < -0.39 is 29.2 Å². The molecule has 0 bridgehead atoms. The maximum absolute atomic E-state index is 13.0. The van der Waals surface area contributed by atoms with E-state index in [0.717, 1.165) is 17.2 Å². The van der Waals surface area contributed by atoms with Gasteiger partial charge in [0.1, 0.15) is 24.2 Å². The summed E-state index contributed by atoms with van der Waals surface area (Å²) in [5, 5.41) is 25.0. The fourth-order valence-electron chi connectivity index (χ4n) is 3.83. The SMILES string of the molecule is CON=C(C(=O)NC1C(=O)N2C(C(=O)O)=C(C[n+]3ccccc3CCO)CS[C@H]12)c1nsc(N)n1. The van der Waals surface area contributed by atoms with Crippen LogP contribution in [0.4, 0.5) is 5.13 Å². The number of anilines is 1. The predicted molar refractivity (Wildman–Crippen MR) is 125 cm³/mol. The van der Waals surface area contributed by atoms with E-state index in [2.05, 4.69) is 19.8 Å². The van der Waals surface area contributed by atoms with Crippen molar-refractivity contribution in [3.63, 3.8) is 0 Å². The Kier molecular flexibility index (Phi) is 7.28. The van der Waals surface area contributed by atoms with E-state index in [1.807, 2.05) is 22.8 Å². The molecule has 0 aromatic carbocycles. The number of nitrogens with two attached hydrogens (primary N) is 1. The number of carboxylic acid groups (broad SMARTS) is 1. The molecule has 0 radical (unpaired) electrons. The third kappa shape index (κ3) is 4.82. The Morgan fingerprint density at radius 2 is 2.23 bits per heavy atom. The Labute approximate surface area is 207 Å². The number of aliphatic hydroxyl groups is 1. The molecule has 0 saturated carbocycles. The topological polar surface area (TPSA) is 184 Å². The van der Waals surface area contributed by atoms with Crippen molar-refractivity contribution < 1.29 is 34.0 Å². The van der Waals surface area contributed by atoms with E-state index in [-0.39, 0.29) is 35.5 Å².